The molecule has 2 heterocycles. The van der Waals surface area contributed by atoms with Gasteiger partial charge in [-0.3, -0.25) is 4.79 Å². The summed E-state index contributed by atoms with van der Waals surface area (Å²) in [6, 6.07) is 3.56. The standard InChI is InChI=1S/C11H13BrN2O2/c12-9-2-3-10(13-8-9)11(15)14-4-1-6-16-7-5-14/h2-3,8H,1,4-7H2. The Labute approximate surface area is 103 Å². The van der Waals surface area contributed by atoms with Gasteiger partial charge in [-0.25, -0.2) is 4.98 Å². The van der Waals surface area contributed by atoms with Crippen molar-refractivity contribution in [3.05, 3.63) is 28.5 Å². The quantitative estimate of drug-likeness (QED) is 0.789. The molecule has 0 aromatic carbocycles. The van der Waals surface area contributed by atoms with Crippen LogP contribution in [0, 0.1) is 0 Å². The van der Waals surface area contributed by atoms with Crippen LogP contribution in [0.4, 0.5) is 0 Å². The molecule has 1 aromatic rings. The van der Waals surface area contributed by atoms with Gasteiger partial charge in [-0.2, -0.15) is 0 Å². The van der Waals surface area contributed by atoms with Crippen LogP contribution in [0.15, 0.2) is 22.8 Å². The van der Waals surface area contributed by atoms with Crippen molar-refractivity contribution in [3.8, 4) is 0 Å². The minimum atomic E-state index is -0.0157. The van der Waals surface area contributed by atoms with E-state index in [0.717, 1.165) is 24.0 Å². The molecule has 2 rings (SSSR count). The number of aromatic nitrogens is 1. The molecule has 1 aromatic heterocycles. The van der Waals surface area contributed by atoms with Crippen LogP contribution in [0.1, 0.15) is 16.9 Å². The molecule has 5 heteroatoms. The molecule has 1 fully saturated rings. The van der Waals surface area contributed by atoms with Crippen molar-refractivity contribution in [2.45, 2.75) is 6.42 Å². The van der Waals surface area contributed by atoms with Crippen LogP contribution in [-0.4, -0.2) is 42.1 Å². The van der Waals surface area contributed by atoms with Gasteiger partial charge in [-0.15, -0.1) is 0 Å². The minimum Gasteiger partial charge on any atom is -0.380 e. The second kappa shape index (κ2) is 5.41. The first-order valence-corrected chi connectivity index (χ1v) is 6.05. The topological polar surface area (TPSA) is 42.4 Å². The van der Waals surface area contributed by atoms with Crippen molar-refractivity contribution in [3.63, 3.8) is 0 Å². The van der Waals surface area contributed by atoms with Crippen molar-refractivity contribution >= 4 is 21.8 Å². The smallest absolute Gasteiger partial charge is 0.272 e. The molecule has 0 bridgehead atoms. The molecule has 86 valence electrons. The fraction of sp³-hybridized carbons (Fsp3) is 0.455. The van der Waals surface area contributed by atoms with Gasteiger partial charge >= 0.3 is 0 Å². The van der Waals surface area contributed by atoms with E-state index in [-0.39, 0.29) is 5.91 Å². The van der Waals surface area contributed by atoms with Gasteiger partial charge in [0.05, 0.1) is 6.61 Å². The summed E-state index contributed by atoms with van der Waals surface area (Å²) in [4.78, 5) is 18.0. The number of rotatable bonds is 1. The van der Waals surface area contributed by atoms with Crippen molar-refractivity contribution in [2.24, 2.45) is 0 Å². The summed E-state index contributed by atoms with van der Waals surface area (Å²) < 4.78 is 6.19. The number of carbonyl (C=O) groups is 1. The van der Waals surface area contributed by atoms with Crippen molar-refractivity contribution < 1.29 is 9.53 Å². The van der Waals surface area contributed by atoms with Crippen molar-refractivity contribution in [2.75, 3.05) is 26.3 Å². The fourth-order valence-electron chi connectivity index (χ4n) is 1.61. The molecule has 1 aliphatic rings. The summed E-state index contributed by atoms with van der Waals surface area (Å²) in [5, 5.41) is 0. The molecule has 1 aliphatic heterocycles. The average molecular weight is 285 g/mol. The maximum atomic E-state index is 12.1. The molecular formula is C11H13BrN2O2. The number of hydrogen-bond acceptors (Lipinski definition) is 3. The van der Waals surface area contributed by atoms with Crippen LogP contribution in [0.25, 0.3) is 0 Å². The number of ether oxygens (including phenoxy) is 1. The SMILES string of the molecule is O=C(c1ccc(Br)cn1)N1CCCOCC1. The molecule has 0 unspecified atom stereocenters. The Morgan fingerprint density at radius 3 is 3.00 bits per heavy atom. The summed E-state index contributed by atoms with van der Waals surface area (Å²) >= 11 is 3.30. The molecule has 16 heavy (non-hydrogen) atoms. The molecule has 1 saturated heterocycles. The number of nitrogens with zero attached hydrogens (tertiary/aromatic N) is 2. The average Bonchev–Trinajstić information content (AvgIpc) is 2.57. The van der Waals surface area contributed by atoms with Crippen LogP contribution < -0.4 is 0 Å². The Morgan fingerprint density at radius 2 is 2.25 bits per heavy atom. The second-order valence-corrected chi connectivity index (χ2v) is 4.54. The van der Waals surface area contributed by atoms with Gasteiger partial charge in [0.2, 0.25) is 0 Å². The van der Waals surface area contributed by atoms with Crippen molar-refractivity contribution in [1.82, 2.24) is 9.88 Å². The van der Waals surface area contributed by atoms with Gasteiger partial charge in [0.1, 0.15) is 5.69 Å². The highest BCUT2D eigenvalue weighted by atomic mass is 79.9. The predicted molar refractivity (Wildman–Crippen MR) is 63.3 cm³/mol. The first-order valence-electron chi connectivity index (χ1n) is 5.26. The predicted octanol–water partition coefficient (Wildman–Crippen LogP) is 1.71. The molecule has 0 atom stereocenters. The highest BCUT2D eigenvalue weighted by molar-refractivity contribution is 9.10. The third-order valence-electron chi connectivity index (χ3n) is 2.46. The van der Waals surface area contributed by atoms with Gasteiger partial charge in [-0.1, -0.05) is 0 Å². The lowest BCUT2D eigenvalue weighted by Crippen LogP contribution is -2.33. The summed E-state index contributed by atoms with van der Waals surface area (Å²) in [6.45, 7) is 2.74. The maximum absolute atomic E-state index is 12.1. The third-order valence-corrected chi connectivity index (χ3v) is 2.93. The van der Waals surface area contributed by atoms with E-state index in [4.69, 9.17) is 4.74 Å². The lowest BCUT2D eigenvalue weighted by atomic mass is 10.3. The van der Waals surface area contributed by atoms with E-state index in [1.807, 2.05) is 6.07 Å². The number of amides is 1. The van der Waals surface area contributed by atoms with E-state index < -0.39 is 0 Å². The van der Waals surface area contributed by atoms with Gasteiger partial charge in [0.15, 0.2) is 0 Å². The largest absolute Gasteiger partial charge is 0.380 e. The Hall–Kier alpha value is -0.940. The van der Waals surface area contributed by atoms with E-state index in [1.165, 1.54) is 0 Å². The zero-order valence-corrected chi connectivity index (χ0v) is 10.4. The molecule has 0 radical (unpaired) electrons. The highest BCUT2D eigenvalue weighted by Crippen LogP contribution is 2.10. The van der Waals surface area contributed by atoms with Crippen LogP contribution in [0.5, 0.6) is 0 Å². The second-order valence-electron chi connectivity index (χ2n) is 3.62. The Morgan fingerprint density at radius 1 is 1.38 bits per heavy atom. The summed E-state index contributed by atoms with van der Waals surface area (Å²) in [7, 11) is 0. The first kappa shape index (κ1) is 11.5. The molecule has 0 saturated carbocycles. The van der Waals surface area contributed by atoms with E-state index in [1.54, 1.807) is 17.2 Å². The van der Waals surface area contributed by atoms with Gasteiger partial charge in [-0.05, 0) is 34.5 Å². The number of pyridine rings is 1. The monoisotopic (exact) mass is 284 g/mol. The first-order chi connectivity index (χ1) is 7.77. The summed E-state index contributed by atoms with van der Waals surface area (Å²) in [5.41, 5.74) is 0.491. The molecule has 0 N–H and O–H groups in total. The van der Waals surface area contributed by atoms with Gasteiger partial charge < -0.3 is 9.64 Å². The molecule has 4 nitrogen and oxygen atoms in total. The number of carbonyl (C=O) groups excluding carboxylic acids is 1. The van der Waals surface area contributed by atoms with E-state index in [9.17, 15) is 4.79 Å². The fourth-order valence-corrected chi connectivity index (χ4v) is 1.85. The Bertz CT molecular complexity index is 359. The lowest BCUT2D eigenvalue weighted by molar-refractivity contribution is 0.0735. The zero-order valence-electron chi connectivity index (χ0n) is 8.86. The number of halogens is 1. The summed E-state index contributed by atoms with van der Waals surface area (Å²) in [5.74, 6) is -0.0157. The Kier molecular flexibility index (Phi) is 3.90. The van der Waals surface area contributed by atoms with Crippen LogP contribution in [0.2, 0.25) is 0 Å². The van der Waals surface area contributed by atoms with Gasteiger partial charge in [0.25, 0.3) is 5.91 Å². The Balaban J connectivity index is 2.08. The third kappa shape index (κ3) is 2.80. The zero-order chi connectivity index (χ0) is 11.4. The van der Waals surface area contributed by atoms with E-state index in [2.05, 4.69) is 20.9 Å². The molecule has 0 spiro atoms. The highest BCUT2D eigenvalue weighted by Gasteiger charge is 2.18. The van der Waals surface area contributed by atoms with Crippen LogP contribution in [-0.2, 0) is 4.74 Å². The van der Waals surface area contributed by atoms with Gasteiger partial charge in [0, 0.05) is 30.4 Å². The lowest BCUT2D eigenvalue weighted by Gasteiger charge is -2.18. The van der Waals surface area contributed by atoms with Crippen molar-refractivity contribution in [1.29, 1.82) is 0 Å². The van der Waals surface area contributed by atoms with Crippen LogP contribution >= 0.6 is 15.9 Å². The van der Waals surface area contributed by atoms with E-state index in [0.29, 0.717) is 18.8 Å². The number of hydrogen-bond donors (Lipinski definition) is 0. The maximum Gasteiger partial charge on any atom is 0.272 e. The minimum absolute atomic E-state index is 0.0157. The molecular weight excluding hydrogens is 272 g/mol. The van der Waals surface area contributed by atoms with Crippen LogP contribution in [0.3, 0.4) is 0 Å². The molecule has 0 aliphatic carbocycles. The van der Waals surface area contributed by atoms with E-state index >= 15 is 0 Å². The summed E-state index contributed by atoms with van der Waals surface area (Å²) in [6.07, 6.45) is 2.53. The normalized spacial score (nSPS) is 16.9. The molecule has 1 amide bonds.